The number of carbonyl (C=O) groups excluding carboxylic acids is 3. The number of Topliss-reactive ketones (excluding diaryl/α,β-unsaturated/α-hetero) is 1. The van der Waals surface area contributed by atoms with Crippen LogP contribution in [0.15, 0.2) is 5.38 Å². The van der Waals surface area contributed by atoms with Crippen molar-refractivity contribution >= 4 is 62.2 Å². The van der Waals surface area contributed by atoms with E-state index in [4.69, 9.17) is 10.5 Å². The van der Waals surface area contributed by atoms with Crippen molar-refractivity contribution in [1.82, 2.24) is 4.98 Å². The summed E-state index contributed by atoms with van der Waals surface area (Å²) >= 11 is 8.60. The van der Waals surface area contributed by atoms with Gasteiger partial charge >= 0.3 is 11.9 Å². The maximum absolute atomic E-state index is 11.0. The first-order valence-electron chi connectivity index (χ1n) is 6.80. The summed E-state index contributed by atoms with van der Waals surface area (Å²) in [6.45, 7) is 7.60. The molecule has 1 aromatic heterocycles. The summed E-state index contributed by atoms with van der Waals surface area (Å²) in [4.78, 5) is 36.2. The number of aromatic nitrogens is 1. The number of nitrogens with zero attached hydrogens (tertiary/aromatic N) is 1. The van der Waals surface area contributed by atoms with Gasteiger partial charge in [0.25, 0.3) is 0 Å². The molecule has 0 aromatic carbocycles. The quantitative estimate of drug-likeness (QED) is 0.321. The predicted molar refractivity (Wildman–Crippen MR) is 101 cm³/mol. The summed E-state index contributed by atoms with van der Waals surface area (Å²) in [7, 11) is 0. The molecule has 1 aromatic rings. The fraction of sp³-hybridized carbons (Fsp3) is 0.500. The summed E-state index contributed by atoms with van der Waals surface area (Å²) < 4.78 is 9.12. The normalized spacial score (nSPS) is 8.71. The molecule has 24 heavy (non-hydrogen) atoms. The van der Waals surface area contributed by atoms with Gasteiger partial charge in [0.1, 0.15) is 0 Å². The molecule has 0 fully saturated rings. The molecule has 0 bridgehead atoms. The highest BCUT2D eigenvalue weighted by Gasteiger charge is 2.11. The molecule has 0 spiro atoms. The number of halogens is 1. The van der Waals surface area contributed by atoms with Crippen molar-refractivity contribution in [3.63, 3.8) is 0 Å². The van der Waals surface area contributed by atoms with Crippen molar-refractivity contribution in [3.05, 3.63) is 16.1 Å². The number of nitrogens with two attached hydrogens (primary N) is 1. The second kappa shape index (κ2) is 15.2. The largest absolute Gasteiger partial charge is 0.461 e. The Morgan fingerprint density at radius 2 is 1.79 bits per heavy atom. The van der Waals surface area contributed by atoms with Gasteiger partial charge in [-0.05, 0) is 27.7 Å². The molecule has 0 aliphatic heterocycles. The molecule has 0 aliphatic carbocycles. The van der Waals surface area contributed by atoms with Gasteiger partial charge in [0.15, 0.2) is 5.69 Å². The molecule has 1 rings (SSSR count). The van der Waals surface area contributed by atoms with E-state index >= 15 is 0 Å². The van der Waals surface area contributed by atoms with Gasteiger partial charge < -0.3 is 15.2 Å². The third-order valence-corrected chi connectivity index (χ3v) is 3.01. The van der Waals surface area contributed by atoms with Gasteiger partial charge in [-0.2, -0.15) is 0 Å². The van der Waals surface area contributed by atoms with Crippen LogP contribution in [0.25, 0.3) is 0 Å². The predicted octanol–water partition coefficient (Wildman–Crippen LogP) is 2.43. The molecule has 0 saturated carbocycles. The van der Waals surface area contributed by atoms with Crippen molar-refractivity contribution in [1.29, 1.82) is 0 Å². The van der Waals surface area contributed by atoms with E-state index in [0.717, 1.165) is 5.01 Å². The molecule has 0 amide bonds. The first-order valence-corrected chi connectivity index (χ1v) is 9.21. The SMILES string of the molecule is CC(N)=S.CCOC(=O)C(=O)CBr.CCOC(=O)c1csc(C)n1. The number of carbonyl (C=O) groups is 3. The average molecular weight is 441 g/mol. The lowest BCUT2D eigenvalue weighted by molar-refractivity contribution is -0.152. The van der Waals surface area contributed by atoms with E-state index < -0.39 is 11.8 Å². The molecule has 0 atom stereocenters. The van der Waals surface area contributed by atoms with Gasteiger partial charge in [-0.1, -0.05) is 28.1 Å². The lowest BCUT2D eigenvalue weighted by Gasteiger charge is -1.95. The van der Waals surface area contributed by atoms with Crippen LogP contribution in [0.5, 0.6) is 0 Å². The lowest BCUT2D eigenvalue weighted by atomic mass is 10.5. The fourth-order valence-electron chi connectivity index (χ4n) is 0.928. The monoisotopic (exact) mass is 440 g/mol. The zero-order valence-electron chi connectivity index (χ0n) is 14.0. The Kier molecular flexibility index (Phi) is 15.7. The molecule has 10 heteroatoms. The van der Waals surface area contributed by atoms with E-state index in [0.29, 0.717) is 17.3 Å². The average Bonchev–Trinajstić information content (AvgIpc) is 2.93. The second-order valence-electron chi connectivity index (χ2n) is 3.86. The summed E-state index contributed by atoms with van der Waals surface area (Å²) in [5.74, 6) is -1.65. The zero-order valence-corrected chi connectivity index (χ0v) is 17.2. The molecular formula is C14H21BrN2O5S2. The maximum Gasteiger partial charge on any atom is 0.375 e. The van der Waals surface area contributed by atoms with E-state index in [1.165, 1.54) is 11.3 Å². The molecular weight excluding hydrogens is 420 g/mol. The van der Waals surface area contributed by atoms with Gasteiger partial charge in [0, 0.05) is 5.38 Å². The molecule has 0 unspecified atom stereocenters. The smallest absolute Gasteiger partial charge is 0.375 e. The molecule has 0 saturated heterocycles. The Morgan fingerprint density at radius 3 is 2.12 bits per heavy atom. The van der Waals surface area contributed by atoms with Gasteiger partial charge in [-0.25, -0.2) is 14.6 Å². The highest BCUT2D eigenvalue weighted by molar-refractivity contribution is 9.09. The van der Waals surface area contributed by atoms with Crippen molar-refractivity contribution in [3.8, 4) is 0 Å². The molecule has 0 radical (unpaired) electrons. The van der Waals surface area contributed by atoms with Crippen LogP contribution in [0, 0.1) is 6.92 Å². The van der Waals surface area contributed by atoms with Crippen molar-refractivity contribution in [2.24, 2.45) is 5.73 Å². The van der Waals surface area contributed by atoms with Crippen molar-refractivity contribution in [2.75, 3.05) is 18.5 Å². The Labute approximate surface area is 159 Å². The van der Waals surface area contributed by atoms with Crippen LogP contribution >= 0.6 is 39.5 Å². The second-order valence-corrected chi connectivity index (χ2v) is 6.13. The Morgan fingerprint density at radius 1 is 1.29 bits per heavy atom. The van der Waals surface area contributed by atoms with Crippen LogP contribution in [0.2, 0.25) is 0 Å². The molecule has 1 heterocycles. The Balaban J connectivity index is 0. The van der Waals surface area contributed by atoms with E-state index in [1.54, 1.807) is 26.2 Å². The summed E-state index contributed by atoms with van der Waals surface area (Å²) in [6.07, 6.45) is 0. The summed E-state index contributed by atoms with van der Waals surface area (Å²) in [5.41, 5.74) is 5.25. The van der Waals surface area contributed by atoms with Crippen molar-refractivity contribution < 1.29 is 23.9 Å². The van der Waals surface area contributed by atoms with Crippen LogP contribution in [0.1, 0.15) is 36.3 Å². The molecule has 7 nitrogen and oxygen atoms in total. The molecule has 0 aliphatic rings. The van der Waals surface area contributed by atoms with E-state index in [9.17, 15) is 14.4 Å². The molecule has 136 valence electrons. The number of ether oxygens (including phenoxy) is 2. The van der Waals surface area contributed by atoms with Gasteiger partial charge in [-0.15, -0.1) is 11.3 Å². The van der Waals surface area contributed by atoms with Gasteiger partial charge in [-0.3, -0.25) is 4.79 Å². The van der Waals surface area contributed by atoms with Crippen LogP contribution in [-0.4, -0.2) is 46.2 Å². The topological polar surface area (TPSA) is 109 Å². The minimum atomic E-state index is -0.769. The Bertz CT molecular complexity index is 545. The molecule has 2 N–H and O–H groups in total. The Hall–Kier alpha value is -1.39. The standard InChI is InChI=1S/C7H9NO2S.C5H7BrO3.C2H5NS/c1-3-10-7(9)6-4-11-5(2)8-6;1-2-9-5(8)4(7)3-6;1-2(3)4/h4H,3H2,1-2H3;2-3H2,1H3;1H3,(H2,3,4). The van der Waals surface area contributed by atoms with E-state index in [-0.39, 0.29) is 17.9 Å². The number of aryl methyl sites for hydroxylation is 1. The lowest BCUT2D eigenvalue weighted by Crippen LogP contribution is -2.17. The van der Waals surface area contributed by atoms with E-state index in [1.807, 2.05) is 6.92 Å². The summed E-state index contributed by atoms with van der Waals surface area (Å²) in [5, 5.41) is 2.62. The number of hydrogen-bond acceptors (Lipinski definition) is 8. The van der Waals surface area contributed by atoms with Crippen LogP contribution in [-0.2, 0) is 19.1 Å². The number of hydrogen-bond donors (Lipinski definition) is 1. The number of esters is 2. The minimum Gasteiger partial charge on any atom is -0.461 e. The van der Waals surface area contributed by atoms with Gasteiger partial charge in [0.05, 0.1) is 28.5 Å². The highest BCUT2D eigenvalue weighted by Crippen LogP contribution is 2.08. The fourth-order valence-corrected chi connectivity index (χ4v) is 1.74. The zero-order chi connectivity index (χ0) is 19.1. The highest BCUT2D eigenvalue weighted by atomic mass is 79.9. The van der Waals surface area contributed by atoms with Crippen LogP contribution < -0.4 is 5.73 Å². The van der Waals surface area contributed by atoms with Gasteiger partial charge in [0.2, 0.25) is 5.78 Å². The number of alkyl halides is 1. The van der Waals surface area contributed by atoms with Crippen LogP contribution in [0.3, 0.4) is 0 Å². The number of thiazole rings is 1. The number of rotatable bonds is 5. The number of ketones is 1. The third kappa shape index (κ3) is 14.2. The van der Waals surface area contributed by atoms with Crippen molar-refractivity contribution in [2.45, 2.75) is 27.7 Å². The first kappa shape index (κ1) is 24.9. The minimum absolute atomic E-state index is 0.0336. The maximum atomic E-state index is 11.0. The summed E-state index contributed by atoms with van der Waals surface area (Å²) in [6, 6.07) is 0. The van der Waals surface area contributed by atoms with E-state index in [2.05, 4.69) is 37.9 Å². The first-order chi connectivity index (χ1) is 11.2. The number of thiocarbonyl (C=S) groups is 1. The third-order valence-electron chi connectivity index (χ3n) is 1.73. The van der Waals surface area contributed by atoms with Crippen LogP contribution in [0.4, 0.5) is 0 Å².